The number of nitrogens with one attached hydrogen (secondary N) is 2. The summed E-state index contributed by atoms with van der Waals surface area (Å²) in [7, 11) is 0. The molecule has 0 saturated heterocycles. The number of amides is 2. The summed E-state index contributed by atoms with van der Waals surface area (Å²) in [5.41, 5.74) is 5.36. The SMILES string of the molecule is CCOc1cc(/C=N\NC(=O)c2ccc(NC(=O)c3sc4ccccc4c3Cl)cc2)ccc1OC(=O)c1cccc(C)c1. The Labute approximate surface area is 256 Å². The molecule has 0 aliphatic carbocycles. The topological polar surface area (TPSA) is 106 Å². The third-order valence-corrected chi connectivity index (χ3v) is 7.92. The van der Waals surface area contributed by atoms with E-state index in [1.165, 1.54) is 17.6 Å². The highest BCUT2D eigenvalue weighted by Gasteiger charge is 2.17. The van der Waals surface area contributed by atoms with Crippen LogP contribution in [0.4, 0.5) is 5.69 Å². The van der Waals surface area contributed by atoms with Crippen molar-refractivity contribution in [3.63, 3.8) is 0 Å². The first-order valence-electron chi connectivity index (χ1n) is 13.3. The number of hydrogen-bond donors (Lipinski definition) is 2. The second-order valence-corrected chi connectivity index (χ2v) is 10.8. The van der Waals surface area contributed by atoms with Gasteiger partial charge in [0.2, 0.25) is 0 Å². The van der Waals surface area contributed by atoms with Crippen LogP contribution in [0.25, 0.3) is 10.1 Å². The number of esters is 1. The standard InChI is InChI=1S/C33H26ClN3O5S/c1-3-41-27-18-21(11-16-26(27)42-33(40)23-8-6-7-20(2)17-23)19-35-37-31(38)22-12-14-24(15-13-22)36-32(39)30-29(34)25-9-4-5-10-28(25)43-30/h4-19H,3H2,1-2H3,(H,36,39)(H,37,38)/b35-19-. The summed E-state index contributed by atoms with van der Waals surface area (Å²) in [6, 6.07) is 26.1. The molecular formula is C33H26ClN3O5S. The number of halogens is 1. The molecule has 2 N–H and O–H groups in total. The molecule has 0 unspecified atom stereocenters. The third-order valence-electron chi connectivity index (χ3n) is 6.25. The number of nitrogens with zero attached hydrogens (tertiary/aromatic N) is 1. The van der Waals surface area contributed by atoms with Crippen LogP contribution in [-0.4, -0.2) is 30.6 Å². The molecule has 0 spiro atoms. The van der Waals surface area contributed by atoms with Crippen LogP contribution in [0.2, 0.25) is 5.02 Å². The van der Waals surface area contributed by atoms with E-state index in [2.05, 4.69) is 15.8 Å². The van der Waals surface area contributed by atoms with Crippen LogP contribution in [0, 0.1) is 6.92 Å². The Bertz CT molecular complexity index is 1850. The summed E-state index contributed by atoms with van der Waals surface area (Å²) in [6.07, 6.45) is 1.45. The average molecular weight is 612 g/mol. The van der Waals surface area contributed by atoms with E-state index in [1.54, 1.807) is 60.7 Å². The lowest BCUT2D eigenvalue weighted by Gasteiger charge is -2.11. The molecule has 5 rings (SSSR count). The van der Waals surface area contributed by atoms with Crippen molar-refractivity contribution in [1.82, 2.24) is 5.43 Å². The first kappa shape index (κ1) is 29.5. The number of carbonyl (C=O) groups is 3. The predicted molar refractivity (Wildman–Crippen MR) is 170 cm³/mol. The number of aryl methyl sites for hydroxylation is 1. The molecule has 0 radical (unpaired) electrons. The van der Waals surface area contributed by atoms with Gasteiger partial charge in [0.1, 0.15) is 4.88 Å². The van der Waals surface area contributed by atoms with Gasteiger partial charge in [-0.1, -0.05) is 47.5 Å². The second-order valence-electron chi connectivity index (χ2n) is 9.37. The Morgan fingerprint density at radius 2 is 1.67 bits per heavy atom. The van der Waals surface area contributed by atoms with E-state index in [1.807, 2.05) is 44.2 Å². The van der Waals surface area contributed by atoms with Gasteiger partial charge in [-0.2, -0.15) is 5.10 Å². The molecule has 43 heavy (non-hydrogen) atoms. The van der Waals surface area contributed by atoms with Gasteiger partial charge in [-0.3, -0.25) is 9.59 Å². The molecule has 0 fully saturated rings. The molecular weight excluding hydrogens is 586 g/mol. The first-order valence-corrected chi connectivity index (χ1v) is 14.5. The summed E-state index contributed by atoms with van der Waals surface area (Å²) in [5.74, 6) is -0.608. The molecule has 2 amide bonds. The van der Waals surface area contributed by atoms with Gasteiger partial charge in [-0.25, -0.2) is 10.2 Å². The number of benzene rings is 4. The lowest BCUT2D eigenvalue weighted by atomic mass is 10.1. The van der Waals surface area contributed by atoms with Crippen molar-refractivity contribution in [1.29, 1.82) is 0 Å². The van der Waals surface area contributed by atoms with Crippen LogP contribution in [0.3, 0.4) is 0 Å². The largest absolute Gasteiger partial charge is 0.490 e. The van der Waals surface area contributed by atoms with Gasteiger partial charge in [0, 0.05) is 21.3 Å². The Morgan fingerprint density at radius 1 is 0.884 bits per heavy atom. The van der Waals surface area contributed by atoms with Gasteiger partial charge < -0.3 is 14.8 Å². The second kappa shape index (κ2) is 13.3. The molecule has 0 bridgehead atoms. The van der Waals surface area contributed by atoms with Gasteiger partial charge >= 0.3 is 5.97 Å². The predicted octanol–water partition coefficient (Wildman–Crippen LogP) is 7.50. The number of hydrazone groups is 1. The zero-order chi connectivity index (χ0) is 30.3. The van der Waals surface area contributed by atoms with Gasteiger partial charge in [0.05, 0.1) is 23.4 Å². The maximum atomic E-state index is 12.8. The molecule has 0 saturated carbocycles. The maximum Gasteiger partial charge on any atom is 0.343 e. The van der Waals surface area contributed by atoms with Crippen LogP contribution >= 0.6 is 22.9 Å². The van der Waals surface area contributed by atoms with E-state index in [4.69, 9.17) is 21.1 Å². The monoisotopic (exact) mass is 611 g/mol. The highest BCUT2D eigenvalue weighted by atomic mass is 35.5. The third kappa shape index (κ3) is 7.09. The van der Waals surface area contributed by atoms with Crippen LogP contribution in [0.1, 0.15) is 48.4 Å². The van der Waals surface area contributed by atoms with E-state index in [0.717, 1.165) is 15.6 Å². The normalized spacial score (nSPS) is 11.0. The highest BCUT2D eigenvalue weighted by molar-refractivity contribution is 7.21. The fraction of sp³-hybridized carbons (Fsp3) is 0.0909. The van der Waals surface area contributed by atoms with Crippen molar-refractivity contribution < 1.29 is 23.9 Å². The molecule has 8 nitrogen and oxygen atoms in total. The lowest BCUT2D eigenvalue weighted by Crippen LogP contribution is -2.17. The molecule has 0 aliphatic heterocycles. The number of carbonyl (C=O) groups excluding carboxylic acids is 3. The fourth-order valence-corrected chi connectivity index (χ4v) is 5.58. The van der Waals surface area contributed by atoms with Crippen LogP contribution in [0.5, 0.6) is 11.5 Å². The zero-order valence-electron chi connectivity index (χ0n) is 23.2. The molecule has 0 aliphatic rings. The van der Waals surface area contributed by atoms with E-state index in [-0.39, 0.29) is 11.7 Å². The van der Waals surface area contributed by atoms with E-state index < -0.39 is 11.9 Å². The molecule has 1 aromatic heterocycles. The van der Waals surface area contributed by atoms with Crippen LogP contribution in [0.15, 0.2) is 96.1 Å². The number of thiophene rings is 1. The summed E-state index contributed by atoms with van der Waals surface area (Å²) in [6.45, 7) is 4.08. The number of fused-ring (bicyclic) bond motifs is 1. The summed E-state index contributed by atoms with van der Waals surface area (Å²) < 4.78 is 12.2. The summed E-state index contributed by atoms with van der Waals surface area (Å²) in [5, 5.41) is 8.10. The van der Waals surface area contributed by atoms with Gasteiger partial charge in [-0.05, 0) is 80.1 Å². The van der Waals surface area contributed by atoms with E-state index >= 15 is 0 Å². The smallest absolute Gasteiger partial charge is 0.343 e. The van der Waals surface area contributed by atoms with E-state index in [0.29, 0.717) is 44.6 Å². The first-order chi connectivity index (χ1) is 20.8. The Kier molecular flexibility index (Phi) is 9.14. The summed E-state index contributed by atoms with van der Waals surface area (Å²) in [4.78, 5) is 38.4. The number of hydrogen-bond acceptors (Lipinski definition) is 7. The zero-order valence-corrected chi connectivity index (χ0v) is 24.8. The van der Waals surface area contributed by atoms with Crippen molar-refractivity contribution in [2.24, 2.45) is 5.10 Å². The highest BCUT2D eigenvalue weighted by Crippen LogP contribution is 2.35. The molecule has 10 heteroatoms. The van der Waals surface area contributed by atoms with Crippen molar-refractivity contribution in [3.8, 4) is 11.5 Å². The van der Waals surface area contributed by atoms with Gasteiger partial charge in [0.25, 0.3) is 11.8 Å². The van der Waals surface area contributed by atoms with Crippen molar-refractivity contribution >= 4 is 62.7 Å². The van der Waals surface area contributed by atoms with Crippen LogP contribution < -0.4 is 20.2 Å². The molecule has 0 atom stereocenters. The molecule has 1 heterocycles. The minimum absolute atomic E-state index is 0.274. The van der Waals surface area contributed by atoms with Gasteiger partial charge in [0.15, 0.2) is 11.5 Å². The Balaban J connectivity index is 1.19. The summed E-state index contributed by atoms with van der Waals surface area (Å²) >= 11 is 7.73. The number of rotatable bonds is 9. The van der Waals surface area contributed by atoms with Crippen molar-refractivity contribution in [3.05, 3.63) is 123 Å². The molecule has 5 aromatic rings. The number of anilines is 1. The minimum Gasteiger partial charge on any atom is -0.490 e. The average Bonchev–Trinajstić information content (AvgIpc) is 3.35. The molecule has 4 aromatic carbocycles. The Hall–Kier alpha value is -4.99. The van der Waals surface area contributed by atoms with Crippen molar-refractivity contribution in [2.45, 2.75) is 13.8 Å². The van der Waals surface area contributed by atoms with Crippen molar-refractivity contribution in [2.75, 3.05) is 11.9 Å². The molecule has 216 valence electrons. The fourth-order valence-electron chi connectivity index (χ4n) is 4.17. The number of ether oxygens (including phenoxy) is 2. The van der Waals surface area contributed by atoms with E-state index in [9.17, 15) is 14.4 Å². The lowest BCUT2D eigenvalue weighted by molar-refractivity contribution is 0.0727. The quantitative estimate of drug-likeness (QED) is 0.0777. The minimum atomic E-state index is -0.493. The maximum absolute atomic E-state index is 12.8. The van der Waals surface area contributed by atoms with Gasteiger partial charge in [-0.15, -0.1) is 11.3 Å². The Morgan fingerprint density at radius 3 is 2.42 bits per heavy atom. The van der Waals surface area contributed by atoms with Crippen LogP contribution in [-0.2, 0) is 0 Å².